The maximum absolute atomic E-state index is 2.80. The summed E-state index contributed by atoms with van der Waals surface area (Å²) in [6.45, 7) is 6.88. The minimum Gasteiger partial charge on any atom is -0.309 e. The average Bonchev–Trinajstić information content (AvgIpc) is 3.65. The molecule has 0 fully saturated rings. The van der Waals surface area contributed by atoms with Gasteiger partial charge < -0.3 is 4.57 Å². The van der Waals surface area contributed by atoms with Crippen molar-refractivity contribution in [2.45, 2.75) is 38.1 Å². The third-order valence-electron chi connectivity index (χ3n) is 13.3. The van der Waals surface area contributed by atoms with Gasteiger partial charge in [-0.2, -0.15) is 0 Å². The lowest BCUT2D eigenvalue weighted by molar-refractivity contribution is 0.590. The van der Waals surface area contributed by atoms with Crippen LogP contribution in [0.3, 0.4) is 0 Å². The highest BCUT2D eigenvalue weighted by Crippen LogP contribution is 2.36. The fraction of sp³-hybridized carbons (Fsp3) is 0.103. The second-order valence-corrected chi connectivity index (χ2v) is 25.5. The maximum atomic E-state index is 2.61. The van der Waals surface area contributed by atoms with Gasteiger partial charge in [-0.3, -0.25) is 0 Å². The van der Waals surface area contributed by atoms with Crippen molar-refractivity contribution in [1.82, 2.24) is 4.57 Å². The van der Waals surface area contributed by atoms with Crippen molar-refractivity contribution < 1.29 is 0 Å². The minimum atomic E-state index is -2.80. The van der Waals surface area contributed by atoms with E-state index in [1.54, 1.807) is 0 Å². The molecule has 61 heavy (non-hydrogen) atoms. The largest absolute Gasteiger partial charge is 0.309 e. The van der Waals surface area contributed by atoms with Gasteiger partial charge >= 0.3 is 0 Å². The Balaban J connectivity index is 1.32. The van der Waals surface area contributed by atoms with E-state index in [2.05, 4.69) is 262 Å². The number of aromatic nitrogens is 1. The highest BCUT2D eigenvalue weighted by molar-refractivity contribution is 7.20. The summed E-state index contributed by atoms with van der Waals surface area (Å²) in [5, 5.41) is 12.4. The van der Waals surface area contributed by atoms with Gasteiger partial charge in [-0.05, 0) is 83.5 Å². The van der Waals surface area contributed by atoms with Gasteiger partial charge in [-0.15, -0.1) is 0 Å². The van der Waals surface area contributed by atoms with Gasteiger partial charge in [0.15, 0.2) is 16.1 Å². The number of rotatable bonds is 9. The van der Waals surface area contributed by atoms with Crippen LogP contribution in [0.15, 0.2) is 237 Å². The highest BCUT2D eigenvalue weighted by atomic mass is 28.3. The molecule has 10 rings (SSSR count). The molecular weight excluding hydrogens is 767 g/mol. The second kappa shape index (κ2) is 15.8. The fourth-order valence-corrected chi connectivity index (χ4v) is 20.5. The van der Waals surface area contributed by atoms with Crippen molar-refractivity contribution in [2.24, 2.45) is 0 Å². The molecule has 8 aromatic carbocycles. The molecular formula is C58H51NSi2. The lowest BCUT2D eigenvalue weighted by atomic mass is 9.87. The molecule has 1 atom stereocenters. The SMILES string of the molecule is CC(C)(C)c1ccc(-n2c3ccc([Si](c4ccccc4)(c4ccccc4)c4ccccc4)cc3c3cc([Si](c4ccccc4)(c4ccccc4)C4C=CC=CC4)ccc32)cc1. The van der Waals surface area contributed by atoms with Crippen LogP contribution in [0.25, 0.3) is 27.5 Å². The average molecular weight is 818 g/mol. The van der Waals surface area contributed by atoms with E-state index in [0.717, 1.165) is 6.42 Å². The number of fused-ring (bicyclic) bond motifs is 3. The Hall–Kier alpha value is -6.53. The molecule has 1 aliphatic carbocycles. The summed E-state index contributed by atoms with van der Waals surface area (Å²) in [6, 6.07) is 81.0. The molecule has 0 spiro atoms. The molecule has 0 N–H and O–H groups in total. The molecule has 3 heteroatoms. The molecule has 296 valence electrons. The normalized spacial score (nSPS) is 14.4. The van der Waals surface area contributed by atoms with Crippen molar-refractivity contribution in [3.05, 3.63) is 242 Å². The minimum absolute atomic E-state index is 0.0645. The Morgan fingerprint density at radius 2 is 0.852 bits per heavy atom. The molecule has 1 heterocycles. The molecule has 0 amide bonds. The first-order valence-corrected chi connectivity index (χ1v) is 25.8. The number of hydrogen-bond acceptors (Lipinski definition) is 0. The van der Waals surface area contributed by atoms with Crippen LogP contribution in [0.2, 0.25) is 5.54 Å². The van der Waals surface area contributed by atoms with Crippen molar-refractivity contribution in [3.8, 4) is 5.69 Å². The van der Waals surface area contributed by atoms with Crippen molar-refractivity contribution in [1.29, 1.82) is 0 Å². The second-order valence-electron chi connectivity index (χ2n) is 17.6. The first-order valence-electron chi connectivity index (χ1n) is 21.7. The summed E-state index contributed by atoms with van der Waals surface area (Å²) in [5.74, 6) is 0. The molecule has 9 aromatic rings. The third-order valence-corrected chi connectivity index (χ3v) is 23.3. The topological polar surface area (TPSA) is 4.93 Å². The predicted molar refractivity (Wildman–Crippen MR) is 267 cm³/mol. The van der Waals surface area contributed by atoms with E-state index in [9.17, 15) is 0 Å². The first-order chi connectivity index (χ1) is 29.9. The zero-order chi connectivity index (χ0) is 41.4. The first kappa shape index (κ1) is 38.7. The Bertz CT molecular complexity index is 2860. The molecule has 0 saturated heterocycles. The van der Waals surface area contributed by atoms with Crippen LogP contribution in [-0.4, -0.2) is 20.7 Å². The Labute approximate surface area is 363 Å². The summed E-state index contributed by atoms with van der Waals surface area (Å²) in [7, 11) is -5.48. The van der Waals surface area contributed by atoms with E-state index in [1.807, 2.05) is 0 Å². The molecule has 0 saturated carbocycles. The Morgan fingerprint density at radius 3 is 1.28 bits per heavy atom. The van der Waals surface area contributed by atoms with Gasteiger partial charge in [-0.25, -0.2) is 0 Å². The van der Waals surface area contributed by atoms with Gasteiger partial charge in [0.2, 0.25) is 0 Å². The summed E-state index contributed by atoms with van der Waals surface area (Å²) in [4.78, 5) is 0. The van der Waals surface area contributed by atoms with E-state index >= 15 is 0 Å². The number of allylic oxidation sites excluding steroid dienone is 4. The highest BCUT2D eigenvalue weighted by Gasteiger charge is 2.46. The van der Waals surface area contributed by atoms with Crippen LogP contribution in [0.1, 0.15) is 32.8 Å². The van der Waals surface area contributed by atoms with E-state index in [4.69, 9.17) is 0 Å². The summed E-state index contributed by atoms with van der Waals surface area (Å²) in [6.07, 6.45) is 10.4. The van der Waals surface area contributed by atoms with Crippen LogP contribution in [-0.2, 0) is 5.41 Å². The van der Waals surface area contributed by atoms with Gasteiger partial charge in [0, 0.05) is 16.5 Å². The van der Waals surface area contributed by atoms with Crippen molar-refractivity contribution >= 4 is 74.3 Å². The standard InChI is InChI=1S/C58H51NSi2/c1-58(2,3)44-34-36-45(37-35-44)59-56-40-38-52(60(46-22-10-4-11-23-46,47-24-12-5-13-25-47)48-26-14-6-15-27-48)42-54(56)55-43-53(39-41-57(55)59)61(49-28-16-7-17-29-49,50-30-18-8-19-31-50)51-32-20-9-21-33-51/h4-32,34-43,51H,33H2,1-3H3. The zero-order valence-electron chi connectivity index (χ0n) is 35.2. The van der Waals surface area contributed by atoms with Crippen LogP contribution in [0.5, 0.6) is 0 Å². The Kier molecular flexibility index (Phi) is 10.0. The molecule has 0 radical (unpaired) electrons. The van der Waals surface area contributed by atoms with Crippen LogP contribution in [0.4, 0.5) is 0 Å². The van der Waals surface area contributed by atoms with Crippen LogP contribution < -0.4 is 36.3 Å². The van der Waals surface area contributed by atoms with Gasteiger partial charge in [-0.1, -0.05) is 233 Å². The molecule has 0 bridgehead atoms. The summed E-state index contributed by atoms with van der Waals surface area (Å²) in [5.41, 5.74) is 5.39. The van der Waals surface area contributed by atoms with Gasteiger partial charge in [0.1, 0.15) is 0 Å². The number of nitrogens with zero attached hydrogens (tertiary/aromatic N) is 1. The Morgan fingerprint density at radius 1 is 0.426 bits per heavy atom. The van der Waals surface area contributed by atoms with E-state index < -0.39 is 16.1 Å². The number of benzene rings is 8. The smallest absolute Gasteiger partial charge is 0.179 e. The fourth-order valence-electron chi connectivity index (χ4n) is 10.4. The lowest BCUT2D eigenvalue weighted by Gasteiger charge is -2.40. The summed E-state index contributed by atoms with van der Waals surface area (Å²) >= 11 is 0. The maximum Gasteiger partial charge on any atom is 0.179 e. The molecule has 1 aliphatic rings. The molecule has 1 aromatic heterocycles. The van der Waals surface area contributed by atoms with Crippen molar-refractivity contribution in [2.75, 3.05) is 0 Å². The van der Waals surface area contributed by atoms with Crippen LogP contribution >= 0.6 is 0 Å². The summed E-state index contributed by atoms with van der Waals surface area (Å²) < 4.78 is 2.51. The van der Waals surface area contributed by atoms with Crippen LogP contribution in [0, 0.1) is 0 Å². The van der Waals surface area contributed by atoms with E-state index in [0.29, 0.717) is 5.54 Å². The van der Waals surface area contributed by atoms with Gasteiger partial charge in [0.05, 0.1) is 11.0 Å². The zero-order valence-corrected chi connectivity index (χ0v) is 37.2. The third kappa shape index (κ3) is 6.51. The molecule has 1 nitrogen and oxygen atoms in total. The van der Waals surface area contributed by atoms with Crippen molar-refractivity contribution in [3.63, 3.8) is 0 Å². The number of hydrogen-bond donors (Lipinski definition) is 0. The quantitative estimate of drug-likeness (QED) is 0.101. The molecule has 0 aliphatic heterocycles. The van der Waals surface area contributed by atoms with E-state index in [-0.39, 0.29) is 5.41 Å². The predicted octanol–water partition coefficient (Wildman–Crippen LogP) is 9.82. The monoisotopic (exact) mass is 817 g/mol. The van der Waals surface area contributed by atoms with Gasteiger partial charge in [0.25, 0.3) is 0 Å². The van der Waals surface area contributed by atoms with E-state index in [1.165, 1.54) is 69.4 Å². The lowest BCUT2D eigenvalue weighted by Crippen LogP contribution is -2.74. The molecule has 1 unspecified atom stereocenters.